The van der Waals surface area contributed by atoms with Crippen molar-refractivity contribution in [2.45, 2.75) is 26.4 Å². The van der Waals surface area contributed by atoms with E-state index in [4.69, 9.17) is 0 Å². The second-order valence-corrected chi connectivity index (χ2v) is 3.37. The molecule has 0 saturated carbocycles. The number of alkyl halides is 3. The fraction of sp³-hybridized carbons (Fsp3) is 1.00. The maximum absolute atomic E-state index is 11.6. The van der Waals surface area contributed by atoms with Crippen molar-refractivity contribution in [3.63, 3.8) is 0 Å². The summed E-state index contributed by atoms with van der Waals surface area (Å²) in [5, 5.41) is 3.13. The summed E-state index contributed by atoms with van der Waals surface area (Å²) in [6, 6.07) is 0. The zero-order valence-electron chi connectivity index (χ0n) is 8.66. The molecule has 5 heteroatoms. The minimum absolute atomic E-state index is 0.173. The van der Waals surface area contributed by atoms with Crippen LogP contribution >= 0.6 is 0 Å². The van der Waals surface area contributed by atoms with Gasteiger partial charge in [-0.3, -0.25) is 0 Å². The monoisotopic (exact) mass is 213 g/mol. The van der Waals surface area contributed by atoms with Gasteiger partial charge in [0.05, 0.1) is 0 Å². The Hall–Kier alpha value is -0.290. The Bertz CT molecular complexity index is 139. The Balaban J connectivity index is 3.27. The molecule has 0 fully saturated rings. The van der Waals surface area contributed by atoms with E-state index in [0.29, 0.717) is 12.3 Å². The van der Waals surface area contributed by atoms with Crippen LogP contribution in [0.1, 0.15) is 20.3 Å². The van der Waals surface area contributed by atoms with Gasteiger partial charge in [-0.2, -0.15) is 13.2 Å². The van der Waals surface area contributed by atoms with E-state index in [0.717, 1.165) is 13.1 Å². The summed E-state index contributed by atoms with van der Waals surface area (Å²) in [6.45, 7) is 4.72. The number of ether oxygens (including phenoxy) is 1. The summed E-state index contributed by atoms with van der Waals surface area (Å²) in [5.74, 6) is 0.350. The standard InChI is InChI=1S/C9H18F3NO/c1-3-13-6-8(2)4-5-14-7-9(10,11)12/h8,13H,3-7H2,1-2H3. The Morgan fingerprint density at radius 3 is 2.50 bits per heavy atom. The number of hydrogen-bond acceptors (Lipinski definition) is 2. The lowest BCUT2D eigenvalue weighted by atomic mass is 10.1. The van der Waals surface area contributed by atoms with Gasteiger partial charge in [0.2, 0.25) is 0 Å². The van der Waals surface area contributed by atoms with Gasteiger partial charge in [-0.1, -0.05) is 13.8 Å². The van der Waals surface area contributed by atoms with Crippen LogP contribution in [0.4, 0.5) is 13.2 Å². The molecule has 0 aliphatic heterocycles. The molecule has 0 amide bonds. The lowest BCUT2D eigenvalue weighted by molar-refractivity contribution is -0.174. The van der Waals surface area contributed by atoms with E-state index >= 15 is 0 Å². The van der Waals surface area contributed by atoms with E-state index in [9.17, 15) is 13.2 Å². The topological polar surface area (TPSA) is 21.3 Å². The molecule has 0 heterocycles. The first-order chi connectivity index (χ1) is 6.45. The van der Waals surface area contributed by atoms with Crippen molar-refractivity contribution in [1.29, 1.82) is 0 Å². The average Bonchev–Trinajstić information content (AvgIpc) is 2.07. The summed E-state index contributed by atoms with van der Waals surface area (Å²) in [4.78, 5) is 0. The SMILES string of the molecule is CCNCC(C)CCOCC(F)(F)F. The van der Waals surface area contributed by atoms with Gasteiger partial charge in [-0.05, 0) is 25.4 Å². The van der Waals surface area contributed by atoms with E-state index in [2.05, 4.69) is 10.1 Å². The number of halogens is 3. The summed E-state index contributed by atoms with van der Waals surface area (Å²) in [5.41, 5.74) is 0. The van der Waals surface area contributed by atoms with Crippen LogP contribution < -0.4 is 5.32 Å². The summed E-state index contributed by atoms with van der Waals surface area (Å²) < 4.78 is 39.4. The summed E-state index contributed by atoms with van der Waals surface area (Å²) in [7, 11) is 0. The maximum Gasteiger partial charge on any atom is 0.411 e. The zero-order chi connectivity index (χ0) is 11.0. The first kappa shape index (κ1) is 13.7. The first-order valence-electron chi connectivity index (χ1n) is 4.81. The molecule has 0 bridgehead atoms. The molecule has 0 saturated heterocycles. The number of nitrogens with one attached hydrogen (secondary N) is 1. The molecule has 0 aliphatic carbocycles. The smallest absolute Gasteiger partial charge is 0.372 e. The molecule has 0 aromatic heterocycles. The van der Waals surface area contributed by atoms with Crippen molar-refractivity contribution >= 4 is 0 Å². The van der Waals surface area contributed by atoms with Gasteiger partial charge >= 0.3 is 6.18 Å². The Kier molecular flexibility index (Phi) is 6.92. The van der Waals surface area contributed by atoms with Crippen LogP contribution in [0, 0.1) is 5.92 Å². The van der Waals surface area contributed by atoms with E-state index in [-0.39, 0.29) is 6.61 Å². The van der Waals surface area contributed by atoms with Crippen molar-refractivity contribution in [2.24, 2.45) is 5.92 Å². The van der Waals surface area contributed by atoms with Gasteiger partial charge < -0.3 is 10.1 Å². The highest BCUT2D eigenvalue weighted by Crippen LogP contribution is 2.14. The molecular formula is C9H18F3NO. The summed E-state index contributed by atoms with van der Waals surface area (Å²) in [6.07, 6.45) is -3.55. The first-order valence-corrected chi connectivity index (χ1v) is 4.81. The second kappa shape index (κ2) is 7.06. The minimum Gasteiger partial charge on any atom is -0.372 e. The highest BCUT2D eigenvalue weighted by Gasteiger charge is 2.27. The molecule has 2 nitrogen and oxygen atoms in total. The fourth-order valence-electron chi connectivity index (χ4n) is 0.965. The second-order valence-electron chi connectivity index (χ2n) is 3.37. The molecule has 0 aromatic carbocycles. The van der Waals surface area contributed by atoms with E-state index in [1.165, 1.54) is 0 Å². The number of hydrogen-bond donors (Lipinski definition) is 1. The predicted octanol–water partition coefficient (Wildman–Crippen LogP) is 2.20. The molecule has 0 spiro atoms. The van der Waals surface area contributed by atoms with Crippen molar-refractivity contribution in [3.8, 4) is 0 Å². The van der Waals surface area contributed by atoms with Gasteiger partial charge in [0.1, 0.15) is 6.61 Å². The third-order valence-corrected chi connectivity index (χ3v) is 1.76. The van der Waals surface area contributed by atoms with Gasteiger partial charge in [0, 0.05) is 6.61 Å². The predicted molar refractivity (Wildman–Crippen MR) is 49.2 cm³/mol. The Labute approximate surface area is 82.8 Å². The van der Waals surface area contributed by atoms with E-state index in [1.807, 2.05) is 13.8 Å². The van der Waals surface area contributed by atoms with Gasteiger partial charge in [-0.15, -0.1) is 0 Å². The molecule has 0 rings (SSSR count). The van der Waals surface area contributed by atoms with Crippen molar-refractivity contribution in [2.75, 3.05) is 26.3 Å². The third-order valence-electron chi connectivity index (χ3n) is 1.76. The van der Waals surface area contributed by atoms with Gasteiger partial charge in [0.15, 0.2) is 0 Å². The zero-order valence-corrected chi connectivity index (χ0v) is 8.66. The third kappa shape index (κ3) is 9.80. The summed E-state index contributed by atoms with van der Waals surface area (Å²) >= 11 is 0. The molecule has 1 atom stereocenters. The fourth-order valence-corrected chi connectivity index (χ4v) is 0.965. The molecule has 86 valence electrons. The van der Waals surface area contributed by atoms with Crippen LogP contribution in [-0.2, 0) is 4.74 Å². The Morgan fingerprint density at radius 2 is 2.00 bits per heavy atom. The van der Waals surface area contributed by atoms with Gasteiger partial charge in [-0.25, -0.2) is 0 Å². The molecule has 1 N–H and O–H groups in total. The number of rotatable bonds is 7. The molecular weight excluding hydrogens is 195 g/mol. The molecule has 0 aliphatic rings. The van der Waals surface area contributed by atoms with Crippen LogP contribution in [0.25, 0.3) is 0 Å². The van der Waals surface area contributed by atoms with Crippen molar-refractivity contribution < 1.29 is 17.9 Å². The van der Waals surface area contributed by atoms with Crippen molar-refractivity contribution in [1.82, 2.24) is 5.32 Å². The van der Waals surface area contributed by atoms with E-state index in [1.54, 1.807) is 0 Å². The maximum atomic E-state index is 11.6. The van der Waals surface area contributed by atoms with Crippen molar-refractivity contribution in [3.05, 3.63) is 0 Å². The Morgan fingerprint density at radius 1 is 1.36 bits per heavy atom. The van der Waals surface area contributed by atoms with Crippen LogP contribution in [0.2, 0.25) is 0 Å². The van der Waals surface area contributed by atoms with Crippen LogP contribution in [0.3, 0.4) is 0 Å². The molecule has 14 heavy (non-hydrogen) atoms. The molecule has 0 aromatic rings. The normalized spacial score (nSPS) is 14.4. The lowest BCUT2D eigenvalue weighted by Gasteiger charge is -2.12. The lowest BCUT2D eigenvalue weighted by Crippen LogP contribution is -2.23. The van der Waals surface area contributed by atoms with Gasteiger partial charge in [0.25, 0.3) is 0 Å². The average molecular weight is 213 g/mol. The van der Waals surface area contributed by atoms with Crippen LogP contribution in [-0.4, -0.2) is 32.5 Å². The van der Waals surface area contributed by atoms with Crippen LogP contribution in [0.15, 0.2) is 0 Å². The molecule has 0 radical (unpaired) electrons. The largest absolute Gasteiger partial charge is 0.411 e. The highest BCUT2D eigenvalue weighted by molar-refractivity contribution is 4.56. The van der Waals surface area contributed by atoms with E-state index < -0.39 is 12.8 Å². The minimum atomic E-state index is -4.20. The molecule has 1 unspecified atom stereocenters. The highest BCUT2D eigenvalue weighted by atomic mass is 19.4. The quantitative estimate of drug-likeness (QED) is 0.655. The van der Waals surface area contributed by atoms with Crippen LogP contribution in [0.5, 0.6) is 0 Å².